The van der Waals surface area contributed by atoms with E-state index in [4.69, 9.17) is 0 Å². The van der Waals surface area contributed by atoms with Gasteiger partial charge >= 0.3 is 6.03 Å². The smallest absolute Gasteiger partial charge is 0.319 e. The SMILES string of the molecule is CC1CCCC(NC(=O)Nc2cccc(C(C)O)c2)C1. The van der Waals surface area contributed by atoms with Crippen molar-refractivity contribution in [3.63, 3.8) is 0 Å². The molecule has 110 valence electrons. The molecule has 1 aromatic rings. The average Bonchev–Trinajstić information content (AvgIpc) is 2.38. The van der Waals surface area contributed by atoms with Gasteiger partial charge < -0.3 is 15.7 Å². The summed E-state index contributed by atoms with van der Waals surface area (Å²) in [4.78, 5) is 12.0. The lowest BCUT2D eigenvalue weighted by Gasteiger charge is -2.27. The Balaban J connectivity index is 1.89. The number of aliphatic hydroxyl groups excluding tert-OH is 1. The third-order valence-corrected chi connectivity index (χ3v) is 3.90. The molecule has 0 spiro atoms. The average molecular weight is 276 g/mol. The van der Waals surface area contributed by atoms with Gasteiger partial charge in [-0.1, -0.05) is 31.9 Å². The molecule has 0 radical (unpaired) electrons. The summed E-state index contributed by atoms with van der Waals surface area (Å²) < 4.78 is 0. The van der Waals surface area contributed by atoms with Gasteiger partial charge in [-0.2, -0.15) is 0 Å². The molecule has 0 heterocycles. The monoisotopic (exact) mass is 276 g/mol. The van der Waals surface area contributed by atoms with Gasteiger partial charge in [0.05, 0.1) is 6.10 Å². The van der Waals surface area contributed by atoms with Crippen molar-refractivity contribution in [3.05, 3.63) is 29.8 Å². The molecule has 0 aliphatic heterocycles. The molecule has 4 nitrogen and oxygen atoms in total. The van der Waals surface area contributed by atoms with Crippen LogP contribution in [0.2, 0.25) is 0 Å². The number of carbonyl (C=O) groups excluding carboxylic acids is 1. The summed E-state index contributed by atoms with van der Waals surface area (Å²) in [6, 6.07) is 7.42. The highest BCUT2D eigenvalue weighted by Gasteiger charge is 2.20. The molecule has 1 fully saturated rings. The van der Waals surface area contributed by atoms with E-state index in [1.54, 1.807) is 13.0 Å². The van der Waals surface area contributed by atoms with Gasteiger partial charge in [-0.25, -0.2) is 4.79 Å². The van der Waals surface area contributed by atoms with Crippen LogP contribution in [-0.4, -0.2) is 17.2 Å². The minimum absolute atomic E-state index is 0.160. The summed E-state index contributed by atoms with van der Waals surface area (Å²) in [5.74, 6) is 0.688. The lowest BCUT2D eigenvalue weighted by atomic mass is 9.87. The maximum Gasteiger partial charge on any atom is 0.319 e. The molecule has 0 bridgehead atoms. The van der Waals surface area contributed by atoms with Crippen molar-refractivity contribution in [3.8, 4) is 0 Å². The van der Waals surface area contributed by atoms with Crippen molar-refractivity contribution in [2.45, 2.75) is 51.7 Å². The van der Waals surface area contributed by atoms with Crippen LogP contribution in [0.15, 0.2) is 24.3 Å². The van der Waals surface area contributed by atoms with Crippen LogP contribution in [0.3, 0.4) is 0 Å². The van der Waals surface area contributed by atoms with Crippen molar-refractivity contribution in [2.24, 2.45) is 5.92 Å². The van der Waals surface area contributed by atoms with E-state index < -0.39 is 6.10 Å². The van der Waals surface area contributed by atoms with E-state index in [2.05, 4.69) is 17.6 Å². The Hall–Kier alpha value is -1.55. The van der Waals surface area contributed by atoms with Gasteiger partial charge in [-0.3, -0.25) is 0 Å². The second kappa shape index (κ2) is 6.75. The van der Waals surface area contributed by atoms with E-state index in [0.29, 0.717) is 11.6 Å². The Morgan fingerprint density at radius 3 is 2.90 bits per heavy atom. The van der Waals surface area contributed by atoms with Crippen LogP contribution in [0.25, 0.3) is 0 Å². The molecule has 0 aromatic heterocycles. The number of amides is 2. The van der Waals surface area contributed by atoms with E-state index in [0.717, 1.165) is 18.4 Å². The fourth-order valence-corrected chi connectivity index (χ4v) is 2.79. The first-order valence-corrected chi connectivity index (χ1v) is 7.40. The van der Waals surface area contributed by atoms with Crippen molar-refractivity contribution in [2.75, 3.05) is 5.32 Å². The predicted octanol–water partition coefficient (Wildman–Crippen LogP) is 3.44. The van der Waals surface area contributed by atoms with Gasteiger partial charge in [0.1, 0.15) is 0 Å². The third-order valence-electron chi connectivity index (χ3n) is 3.90. The molecule has 1 aromatic carbocycles. The minimum atomic E-state index is -0.529. The largest absolute Gasteiger partial charge is 0.389 e. The first-order chi connectivity index (χ1) is 9.54. The van der Waals surface area contributed by atoms with Crippen LogP contribution in [0.4, 0.5) is 10.5 Å². The fraction of sp³-hybridized carbons (Fsp3) is 0.562. The molecule has 0 saturated heterocycles. The van der Waals surface area contributed by atoms with Crippen LogP contribution >= 0.6 is 0 Å². The zero-order valence-electron chi connectivity index (χ0n) is 12.2. The summed E-state index contributed by atoms with van der Waals surface area (Å²) in [7, 11) is 0. The van der Waals surface area contributed by atoms with Crippen molar-refractivity contribution in [1.29, 1.82) is 0 Å². The maximum absolute atomic E-state index is 12.0. The molecule has 1 aliphatic rings. The Kier molecular flexibility index (Phi) is 5.01. The fourth-order valence-electron chi connectivity index (χ4n) is 2.79. The lowest BCUT2D eigenvalue weighted by Crippen LogP contribution is -2.40. The van der Waals surface area contributed by atoms with Gasteiger partial charge in [0.15, 0.2) is 0 Å². The normalized spacial score (nSPS) is 23.9. The number of urea groups is 1. The molecule has 2 amide bonds. The molecule has 3 atom stereocenters. The standard InChI is InChI=1S/C16H24N2O2/c1-11-5-3-7-14(9-11)17-16(20)18-15-8-4-6-13(10-15)12(2)19/h4,6,8,10-12,14,19H,3,5,7,9H2,1-2H3,(H2,17,18,20). The lowest BCUT2D eigenvalue weighted by molar-refractivity contribution is 0.199. The maximum atomic E-state index is 12.0. The highest BCUT2D eigenvalue weighted by atomic mass is 16.3. The van der Waals surface area contributed by atoms with E-state index in [9.17, 15) is 9.90 Å². The van der Waals surface area contributed by atoms with Crippen LogP contribution in [0, 0.1) is 5.92 Å². The third kappa shape index (κ3) is 4.23. The Morgan fingerprint density at radius 1 is 1.40 bits per heavy atom. The first-order valence-electron chi connectivity index (χ1n) is 7.40. The molecule has 20 heavy (non-hydrogen) atoms. The topological polar surface area (TPSA) is 61.4 Å². The number of anilines is 1. The molecule has 3 unspecified atom stereocenters. The molecular weight excluding hydrogens is 252 g/mol. The van der Waals surface area contributed by atoms with Crippen LogP contribution < -0.4 is 10.6 Å². The molecule has 1 aliphatic carbocycles. The van der Waals surface area contributed by atoms with Gasteiger partial charge in [0.25, 0.3) is 0 Å². The number of hydrogen-bond donors (Lipinski definition) is 3. The number of aliphatic hydroxyl groups is 1. The number of nitrogens with one attached hydrogen (secondary N) is 2. The molecule has 1 saturated carbocycles. The van der Waals surface area contributed by atoms with Crippen molar-refractivity contribution < 1.29 is 9.90 Å². The van der Waals surface area contributed by atoms with Gasteiger partial charge in [0.2, 0.25) is 0 Å². The number of carbonyl (C=O) groups is 1. The van der Waals surface area contributed by atoms with E-state index in [-0.39, 0.29) is 12.1 Å². The Bertz CT molecular complexity index is 460. The van der Waals surface area contributed by atoms with Crippen molar-refractivity contribution >= 4 is 11.7 Å². The zero-order chi connectivity index (χ0) is 14.5. The van der Waals surface area contributed by atoms with E-state index in [1.807, 2.05) is 18.2 Å². The van der Waals surface area contributed by atoms with Crippen LogP contribution in [0.5, 0.6) is 0 Å². The van der Waals surface area contributed by atoms with Gasteiger partial charge in [0, 0.05) is 11.7 Å². The second-order valence-electron chi connectivity index (χ2n) is 5.87. The minimum Gasteiger partial charge on any atom is -0.389 e. The zero-order valence-corrected chi connectivity index (χ0v) is 12.2. The summed E-state index contributed by atoms with van der Waals surface area (Å²) in [6.45, 7) is 3.94. The molecule has 4 heteroatoms. The highest BCUT2D eigenvalue weighted by Crippen LogP contribution is 2.23. The van der Waals surface area contributed by atoms with Crippen LogP contribution in [0.1, 0.15) is 51.2 Å². The quantitative estimate of drug-likeness (QED) is 0.792. The number of rotatable bonds is 3. The predicted molar refractivity (Wildman–Crippen MR) is 80.7 cm³/mol. The molecule has 2 rings (SSSR count). The summed E-state index contributed by atoms with van der Waals surface area (Å²) >= 11 is 0. The Morgan fingerprint density at radius 2 is 2.20 bits per heavy atom. The molecular formula is C16H24N2O2. The number of benzene rings is 1. The summed E-state index contributed by atoms with van der Waals surface area (Å²) in [5.41, 5.74) is 1.51. The van der Waals surface area contributed by atoms with Crippen LogP contribution in [-0.2, 0) is 0 Å². The van der Waals surface area contributed by atoms with E-state index >= 15 is 0 Å². The van der Waals surface area contributed by atoms with Gasteiger partial charge in [-0.15, -0.1) is 0 Å². The highest BCUT2D eigenvalue weighted by molar-refractivity contribution is 5.89. The molecule has 3 N–H and O–H groups in total. The first kappa shape index (κ1) is 14.9. The van der Waals surface area contributed by atoms with Crippen molar-refractivity contribution in [1.82, 2.24) is 5.32 Å². The summed E-state index contributed by atoms with van der Waals surface area (Å²) in [5, 5.41) is 15.4. The summed E-state index contributed by atoms with van der Waals surface area (Å²) in [6.07, 6.45) is 4.03. The van der Waals surface area contributed by atoms with Gasteiger partial charge in [-0.05, 0) is 43.4 Å². The van der Waals surface area contributed by atoms with E-state index in [1.165, 1.54) is 12.8 Å². The number of hydrogen-bond acceptors (Lipinski definition) is 2. The Labute approximate surface area is 120 Å². The second-order valence-corrected chi connectivity index (χ2v) is 5.87.